The SMILES string of the molecule is C/C(=C/N(C)C)C(=O)c1cc(Br)ccc1C. The zero-order chi connectivity index (χ0) is 12.3. The molecule has 0 spiro atoms. The van der Waals surface area contributed by atoms with Crippen LogP contribution in [-0.4, -0.2) is 24.8 Å². The molecular weight excluding hydrogens is 266 g/mol. The maximum Gasteiger partial charge on any atom is 0.190 e. The standard InChI is InChI=1S/C13H16BrNO/c1-9-5-6-11(14)7-12(9)13(16)10(2)8-15(3)4/h5-8H,1-4H3/b10-8-. The lowest BCUT2D eigenvalue weighted by molar-refractivity contribution is 0.103. The van der Waals surface area contributed by atoms with Crippen molar-refractivity contribution in [3.05, 3.63) is 45.6 Å². The Morgan fingerprint density at radius 3 is 2.56 bits per heavy atom. The van der Waals surface area contributed by atoms with Crippen molar-refractivity contribution in [1.82, 2.24) is 4.90 Å². The van der Waals surface area contributed by atoms with Crippen LogP contribution in [0.5, 0.6) is 0 Å². The minimum Gasteiger partial charge on any atom is -0.383 e. The van der Waals surface area contributed by atoms with Crippen LogP contribution in [0.4, 0.5) is 0 Å². The molecule has 0 aliphatic rings. The van der Waals surface area contributed by atoms with Crippen molar-refractivity contribution < 1.29 is 4.79 Å². The maximum absolute atomic E-state index is 12.1. The van der Waals surface area contributed by atoms with Gasteiger partial charge in [0.15, 0.2) is 5.78 Å². The van der Waals surface area contributed by atoms with Crippen LogP contribution in [0.1, 0.15) is 22.8 Å². The van der Waals surface area contributed by atoms with E-state index in [1.807, 2.05) is 57.2 Å². The third-order valence-electron chi connectivity index (χ3n) is 2.25. The second-order valence-electron chi connectivity index (χ2n) is 4.06. The van der Waals surface area contributed by atoms with Crippen LogP contribution in [0.25, 0.3) is 0 Å². The Morgan fingerprint density at radius 1 is 1.38 bits per heavy atom. The van der Waals surface area contributed by atoms with Gasteiger partial charge in [0.25, 0.3) is 0 Å². The average molecular weight is 282 g/mol. The third kappa shape index (κ3) is 3.20. The molecule has 0 aliphatic carbocycles. The molecule has 3 heteroatoms. The number of rotatable bonds is 3. The van der Waals surface area contributed by atoms with Crippen molar-refractivity contribution in [2.75, 3.05) is 14.1 Å². The normalized spacial score (nSPS) is 11.4. The zero-order valence-corrected chi connectivity index (χ0v) is 11.6. The lowest BCUT2D eigenvalue weighted by Gasteiger charge is -2.09. The third-order valence-corrected chi connectivity index (χ3v) is 2.75. The fourth-order valence-electron chi connectivity index (χ4n) is 1.50. The molecule has 86 valence electrons. The van der Waals surface area contributed by atoms with Crippen LogP contribution < -0.4 is 0 Å². The summed E-state index contributed by atoms with van der Waals surface area (Å²) in [5.41, 5.74) is 2.50. The highest BCUT2D eigenvalue weighted by Crippen LogP contribution is 2.19. The van der Waals surface area contributed by atoms with E-state index in [1.54, 1.807) is 0 Å². The van der Waals surface area contributed by atoms with E-state index in [9.17, 15) is 4.79 Å². The van der Waals surface area contributed by atoms with E-state index in [-0.39, 0.29) is 5.78 Å². The van der Waals surface area contributed by atoms with Gasteiger partial charge in [0, 0.05) is 35.9 Å². The molecule has 2 nitrogen and oxygen atoms in total. The minimum atomic E-state index is 0.0764. The molecular formula is C13H16BrNO. The summed E-state index contributed by atoms with van der Waals surface area (Å²) >= 11 is 3.38. The first kappa shape index (κ1) is 13.0. The van der Waals surface area contributed by atoms with Crippen molar-refractivity contribution in [3.63, 3.8) is 0 Å². The van der Waals surface area contributed by atoms with Crippen LogP contribution in [0.2, 0.25) is 0 Å². The van der Waals surface area contributed by atoms with Crippen molar-refractivity contribution in [2.24, 2.45) is 0 Å². The molecule has 0 amide bonds. The van der Waals surface area contributed by atoms with E-state index >= 15 is 0 Å². The van der Waals surface area contributed by atoms with Crippen LogP contribution in [0.15, 0.2) is 34.4 Å². The lowest BCUT2D eigenvalue weighted by Crippen LogP contribution is -2.09. The number of hydrogen-bond acceptors (Lipinski definition) is 2. The summed E-state index contributed by atoms with van der Waals surface area (Å²) in [5.74, 6) is 0.0764. The fraction of sp³-hybridized carbons (Fsp3) is 0.308. The number of hydrogen-bond donors (Lipinski definition) is 0. The Bertz CT molecular complexity index is 436. The van der Waals surface area contributed by atoms with Gasteiger partial charge in [-0.05, 0) is 31.5 Å². The van der Waals surface area contributed by atoms with Crippen LogP contribution >= 0.6 is 15.9 Å². The summed E-state index contributed by atoms with van der Waals surface area (Å²) in [6.07, 6.45) is 1.84. The molecule has 0 N–H and O–H groups in total. The van der Waals surface area contributed by atoms with Gasteiger partial charge in [0.05, 0.1) is 0 Å². The second kappa shape index (κ2) is 5.30. The number of carbonyl (C=O) groups excluding carboxylic acids is 1. The first-order valence-electron chi connectivity index (χ1n) is 5.07. The van der Waals surface area contributed by atoms with E-state index in [2.05, 4.69) is 15.9 Å². The highest BCUT2D eigenvalue weighted by molar-refractivity contribution is 9.10. The van der Waals surface area contributed by atoms with E-state index in [4.69, 9.17) is 0 Å². The van der Waals surface area contributed by atoms with Crippen molar-refractivity contribution >= 4 is 21.7 Å². The predicted molar refractivity (Wildman–Crippen MR) is 70.7 cm³/mol. The number of aryl methyl sites for hydroxylation is 1. The quantitative estimate of drug-likeness (QED) is 0.625. The Labute approximate surface area is 105 Å². The van der Waals surface area contributed by atoms with Gasteiger partial charge in [0.1, 0.15) is 0 Å². The Balaban J connectivity index is 3.10. The highest BCUT2D eigenvalue weighted by Gasteiger charge is 2.11. The molecule has 0 aromatic heterocycles. The lowest BCUT2D eigenvalue weighted by atomic mass is 10.0. The maximum atomic E-state index is 12.1. The van der Waals surface area contributed by atoms with Gasteiger partial charge in [-0.1, -0.05) is 22.0 Å². The predicted octanol–water partition coefficient (Wildman–Crippen LogP) is 3.41. The molecule has 0 unspecified atom stereocenters. The van der Waals surface area contributed by atoms with Gasteiger partial charge < -0.3 is 4.90 Å². The van der Waals surface area contributed by atoms with Gasteiger partial charge in [-0.25, -0.2) is 0 Å². The summed E-state index contributed by atoms with van der Waals surface area (Å²) in [6.45, 7) is 3.78. The van der Waals surface area contributed by atoms with E-state index < -0.39 is 0 Å². The number of Topliss-reactive ketones (excluding diaryl/α,β-unsaturated/α-hetero) is 1. The monoisotopic (exact) mass is 281 g/mol. The molecule has 0 aliphatic heterocycles. The topological polar surface area (TPSA) is 20.3 Å². The molecule has 16 heavy (non-hydrogen) atoms. The smallest absolute Gasteiger partial charge is 0.190 e. The van der Waals surface area contributed by atoms with E-state index in [1.165, 1.54) is 0 Å². The van der Waals surface area contributed by atoms with Crippen LogP contribution in [0.3, 0.4) is 0 Å². The molecule has 1 aromatic carbocycles. The number of ketones is 1. The van der Waals surface area contributed by atoms with Crippen molar-refractivity contribution in [1.29, 1.82) is 0 Å². The minimum absolute atomic E-state index is 0.0764. The van der Waals surface area contributed by atoms with Crippen LogP contribution in [0, 0.1) is 6.92 Å². The number of carbonyl (C=O) groups is 1. The summed E-state index contributed by atoms with van der Waals surface area (Å²) < 4.78 is 0.930. The first-order valence-corrected chi connectivity index (χ1v) is 5.87. The average Bonchev–Trinajstić information content (AvgIpc) is 2.19. The molecule has 0 saturated carbocycles. The van der Waals surface area contributed by atoms with Gasteiger partial charge in [-0.3, -0.25) is 4.79 Å². The van der Waals surface area contributed by atoms with Gasteiger partial charge in [0.2, 0.25) is 0 Å². The van der Waals surface area contributed by atoms with E-state index in [0.717, 1.165) is 21.2 Å². The summed E-state index contributed by atoms with van der Waals surface area (Å²) in [5, 5.41) is 0. The van der Waals surface area contributed by atoms with Crippen molar-refractivity contribution in [2.45, 2.75) is 13.8 Å². The fourth-order valence-corrected chi connectivity index (χ4v) is 1.86. The van der Waals surface area contributed by atoms with E-state index in [0.29, 0.717) is 0 Å². The highest BCUT2D eigenvalue weighted by atomic mass is 79.9. The Hall–Kier alpha value is -1.09. The largest absolute Gasteiger partial charge is 0.383 e. The molecule has 0 fully saturated rings. The molecule has 0 radical (unpaired) electrons. The van der Waals surface area contributed by atoms with Gasteiger partial charge in [-0.2, -0.15) is 0 Å². The van der Waals surface area contributed by atoms with Crippen molar-refractivity contribution in [3.8, 4) is 0 Å². The summed E-state index contributed by atoms with van der Waals surface area (Å²) in [4.78, 5) is 14.0. The summed E-state index contributed by atoms with van der Waals surface area (Å²) in [7, 11) is 3.81. The van der Waals surface area contributed by atoms with Gasteiger partial charge in [-0.15, -0.1) is 0 Å². The Kier molecular flexibility index (Phi) is 4.30. The molecule has 0 saturated heterocycles. The molecule has 1 rings (SSSR count). The first-order chi connectivity index (χ1) is 7.41. The molecule has 0 heterocycles. The zero-order valence-electron chi connectivity index (χ0n) is 10.0. The molecule has 0 atom stereocenters. The summed E-state index contributed by atoms with van der Waals surface area (Å²) in [6, 6.07) is 5.75. The number of benzene rings is 1. The molecule has 1 aromatic rings. The molecule has 0 bridgehead atoms. The van der Waals surface area contributed by atoms with Gasteiger partial charge >= 0.3 is 0 Å². The Morgan fingerprint density at radius 2 is 2.00 bits per heavy atom. The number of halogens is 1. The van der Waals surface area contributed by atoms with Crippen LogP contribution in [-0.2, 0) is 0 Å². The number of allylic oxidation sites excluding steroid dienone is 1. The second-order valence-corrected chi connectivity index (χ2v) is 4.98. The number of nitrogens with zero attached hydrogens (tertiary/aromatic N) is 1.